The SMILES string of the molecule is CCCc1cnc2c(c1CCC)c(CCC)c(CCC)c1c(CCC)c(CCC)cnc12. The lowest BCUT2D eigenvalue weighted by Gasteiger charge is -2.23. The molecule has 0 aliphatic rings. The molecule has 0 atom stereocenters. The van der Waals surface area contributed by atoms with Crippen molar-refractivity contribution in [3.63, 3.8) is 0 Å². The van der Waals surface area contributed by atoms with Crippen LogP contribution in [0.3, 0.4) is 0 Å². The van der Waals surface area contributed by atoms with Gasteiger partial charge in [-0.2, -0.15) is 0 Å². The molecule has 2 aromatic heterocycles. The minimum absolute atomic E-state index is 1.12. The van der Waals surface area contributed by atoms with E-state index in [1.54, 1.807) is 22.3 Å². The van der Waals surface area contributed by atoms with Gasteiger partial charge in [0.05, 0.1) is 11.0 Å². The first kappa shape index (κ1) is 24.7. The van der Waals surface area contributed by atoms with Crippen molar-refractivity contribution >= 4 is 21.8 Å². The van der Waals surface area contributed by atoms with Gasteiger partial charge in [0.2, 0.25) is 0 Å². The summed E-state index contributed by atoms with van der Waals surface area (Å²) in [5.74, 6) is 0. The van der Waals surface area contributed by atoms with E-state index in [-0.39, 0.29) is 0 Å². The van der Waals surface area contributed by atoms with Gasteiger partial charge in [-0.05, 0) is 71.9 Å². The molecule has 0 N–H and O–H groups in total. The smallest absolute Gasteiger partial charge is 0.0970 e. The molecule has 0 aliphatic heterocycles. The minimum atomic E-state index is 1.12. The van der Waals surface area contributed by atoms with Crippen LogP contribution >= 0.6 is 0 Å². The zero-order valence-corrected chi connectivity index (χ0v) is 21.5. The predicted octanol–water partition coefficient (Wildman–Crippen LogP) is 8.50. The molecule has 0 fully saturated rings. The summed E-state index contributed by atoms with van der Waals surface area (Å²) in [6.45, 7) is 13.8. The second-order valence-electron chi connectivity index (χ2n) is 9.43. The first-order chi connectivity index (χ1) is 15.7. The molecule has 1 aromatic carbocycles. The quantitative estimate of drug-likeness (QED) is 0.268. The maximum Gasteiger partial charge on any atom is 0.0970 e. The van der Waals surface area contributed by atoms with Gasteiger partial charge in [0.1, 0.15) is 0 Å². The van der Waals surface area contributed by atoms with Crippen LogP contribution in [0, 0.1) is 0 Å². The van der Waals surface area contributed by atoms with E-state index in [1.165, 1.54) is 60.4 Å². The Morgan fingerprint density at radius 2 is 0.750 bits per heavy atom. The van der Waals surface area contributed by atoms with E-state index in [0.717, 1.165) is 49.6 Å². The summed E-state index contributed by atoms with van der Waals surface area (Å²) in [6, 6.07) is 0. The van der Waals surface area contributed by atoms with Crippen molar-refractivity contribution in [1.29, 1.82) is 0 Å². The Kier molecular flexibility index (Phi) is 9.08. The Bertz CT molecular complexity index is 964. The minimum Gasteiger partial charge on any atom is -0.254 e. The van der Waals surface area contributed by atoms with Gasteiger partial charge in [0.15, 0.2) is 0 Å². The fraction of sp³-hybridized carbons (Fsp3) is 0.600. The third-order valence-corrected chi connectivity index (χ3v) is 6.78. The molecule has 2 heterocycles. The average molecular weight is 433 g/mol. The zero-order valence-electron chi connectivity index (χ0n) is 21.5. The Morgan fingerprint density at radius 3 is 1.06 bits per heavy atom. The Labute approximate surface area is 196 Å². The van der Waals surface area contributed by atoms with Crippen molar-refractivity contribution in [1.82, 2.24) is 9.97 Å². The van der Waals surface area contributed by atoms with Crippen LogP contribution < -0.4 is 0 Å². The lowest BCUT2D eigenvalue weighted by atomic mass is 9.83. The van der Waals surface area contributed by atoms with Gasteiger partial charge in [0, 0.05) is 23.2 Å². The van der Waals surface area contributed by atoms with E-state index in [9.17, 15) is 0 Å². The fourth-order valence-corrected chi connectivity index (χ4v) is 5.58. The molecule has 0 aliphatic carbocycles. The molecular weight excluding hydrogens is 388 g/mol. The second kappa shape index (κ2) is 11.8. The highest BCUT2D eigenvalue weighted by Gasteiger charge is 2.22. The normalized spacial score (nSPS) is 11.7. The number of benzene rings is 1. The molecule has 2 heteroatoms. The summed E-state index contributed by atoms with van der Waals surface area (Å²) < 4.78 is 0. The molecule has 174 valence electrons. The Morgan fingerprint density at radius 1 is 0.438 bits per heavy atom. The summed E-state index contributed by atoms with van der Waals surface area (Å²) in [6.07, 6.45) is 18.2. The van der Waals surface area contributed by atoms with Gasteiger partial charge in [-0.1, -0.05) is 80.1 Å². The average Bonchev–Trinajstić information content (AvgIpc) is 2.79. The summed E-state index contributed by atoms with van der Waals surface area (Å²) >= 11 is 0. The maximum atomic E-state index is 5.13. The fourth-order valence-electron chi connectivity index (χ4n) is 5.58. The van der Waals surface area contributed by atoms with Crippen LogP contribution in [-0.4, -0.2) is 9.97 Å². The van der Waals surface area contributed by atoms with Crippen molar-refractivity contribution < 1.29 is 0 Å². The molecule has 0 unspecified atom stereocenters. The van der Waals surface area contributed by atoms with E-state index < -0.39 is 0 Å². The molecule has 3 rings (SSSR count). The number of nitrogens with zero attached hydrogens (tertiary/aromatic N) is 2. The summed E-state index contributed by atoms with van der Waals surface area (Å²) in [5, 5.41) is 2.91. The molecule has 0 amide bonds. The first-order valence-corrected chi connectivity index (χ1v) is 13.4. The molecular formula is C30H44N2. The zero-order chi connectivity index (χ0) is 23.1. The Hall–Kier alpha value is -1.96. The van der Waals surface area contributed by atoms with Gasteiger partial charge in [-0.3, -0.25) is 9.97 Å². The number of hydrogen-bond acceptors (Lipinski definition) is 2. The molecule has 2 nitrogen and oxygen atoms in total. The van der Waals surface area contributed by atoms with Crippen LogP contribution in [0.15, 0.2) is 12.4 Å². The molecule has 0 saturated carbocycles. The van der Waals surface area contributed by atoms with Gasteiger partial charge < -0.3 is 0 Å². The molecule has 32 heavy (non-hydrogen) atoms. The van der Waals surface area contributed by atoms with Crippen LogP contribution in [0.4, 0.5) is 0 Å². The second-order valence-corrected chi connectivity index (χ2v) is 9.43. The lowest BCUT2D eigenvalue weighted by Crippen LogP contribution is -2.08. The number of fused-ring (bicyclic) bond motifs is 3. The van der Waals surface area contributed by atoms with Crippen LogP contribution in [0.5, 0.6) is 0 Å². The monoisotopic (exact) mass is 432 g/mol. The van der Waals surface area contributed by atoms with Crippen LogP contribution in [0.25, 0.3) is 21.8 Å². The summed E-state index contributed by atoms with van der Waals surface area (Å²) in [4.78, 5) is 10.3. The summed E-state index contributed by atoms with van der Waals surface area (Å²) in [7, 11) is 0. The molecule has 3 aromatic rings. The number of hydrogen-bond donors (Lipinski definition) is 0. The topological polar surface area (TPSA) is 25.8 Å². The number of aromatic nitrogens is 2. The highest BCUT2D eigenvalue weighted by molar-refractivity contribution is 6.09. The third-order valence-electron chi connectivity index (χ3n) is 6.78. The van der Waals surface area contributed by atoms with E-state index in [1.807, 2.05) is 0 Å². The number of rotatable bonds is 12. The van der Waals surface area contributed by atoms with E-state index >= 15 is 0 Å². The van der Waals surface area contributed by atoms with Crippen LogP contribution in [0.2, 0.25) is 0 Å². The van der Waals surface area contributed by atoms with Gasteiger partial charge in [-0.15, -0.1) is 0 Å². The maximum absolute atomic E-state index is 5.13. The van der Waals surface area contributed by atoms with Gasteiger partial charge in [-0.25, -0.2) is 0 Å². The van der Waals surface area contributed by atoms with Crippen molar-refractivity contribution in [3.05, 3.63) is 45.8 Å². The number of aryl methyl sites for hydroxylation is 6. The standard InChI is InChI=1S/C30H44N2/c1-7-13-21-19-31-29-27(23(21)15-9-3)25(17-11-5)26(18-12-6)28-24(16-10-4)22(14-8-2)20-32-30(28)29/h19-20H,7-18H2,1-6H3. The van der Waals surface area contributed by atoms with E-state index in [2.05, 4.69) is 53.9 Å². The van der Waals surface area contributed by atoms with Gasteiger partial charge >= 0.3 is 0 Å². The molecule has 0 radical (unpaired) electrons. The first-order valence-electron chi connectivity index (χ1n) is 13.4. The van der Waals surface area contributed by atoms with E-state index in [0.29, 0.717) is 0 Å². The van der Waals surface area contributed by atoms with Crippen molar-refractivity contribution in [2.75, 3.05) is 0 Å². The van der Waals surface area contributed by atoms with Crippen molar-refractivity contribution in [2.24, 2.45) is 0 Å². The number of pyridine rings is 2. The molecule has 0 bridgehead atoms. The van der Waals surface area contributed by atoms with Crippen LogP contribution in [-0.2, 0) is 38.5 Å². The highest BCUT2D eigenvalue weighted by atomic mass is 14.7. The molecule has 0 saturated heterocycles. The predicted molar refractivity (Wildman–Crippen MR) is 141 cm³/mol. The third kappa shape index (κ3) is 4.70. The van der Waals surface area contributed by atoms with Crippen molar-refractivity contribution in [2.45, 2.75) is 119 Å². The highest BCUT2D eigenvalue weighted by Crippen LogP contribution is 2.39. The van der Waals surface area contributed by atoms with Gasteiger partial charge in [0.25, 0.3) is 0 Å². The summed E-state index contributed by atoms with van der Waals surface area (Å²) in [5.41, 5.74) is 11.5. The van der Waals surface area contributed by atoms with Crippen LogP contribution in [0.1, 0.15) is 113 Å². The van der Waals surface area contributed by atoms with Crippen molar-refractivity contribution in [3.8, 4) is 0 Å². The van der Waals surface area contributed by atoms with E-state index in [4.69, 9.17) is 9.97 Å². The molecule has 0 spiro atoms. The largest absolute Gasteiger partial charge is 0.254 e. The Balaban J connectivity index is 2.56. The lowest BCUT2D eigenvalue weighted by molar-refractivity contribution is 0.843.